The van der Waals surface area contributed by atoms with Gasteiger partial charge in [0.1, 0.15) is 0 Å². The monoisotopic (exact) mass is 628 g/mol. The van der Waals surface area contributed by atoms with Gasteiger partial charge < -0.3 is 141 Å². The van der Waals surface area contributed by atoms with Crippen LogP contribution in [0.4, 0.5) is 0 Å². The number of rotatable bonds is 0. The van der Waals surface area contributed by atoms with Crippen LogP contribution in [0.5, 0.6) is 0 Å². The van der Waals surface area contributed by atoms with Crippen LogP contribution in [0.25, 0.3) is 0 Å². The minimum Gasteiger partial charge on any atom is -0.402 e. The Labute approximate surface area is 232 Å². The molecular formula is C3H33B9N2O27. The zero-order valence-electron chi connectivity index (χ0n) is 20.2. The average molecular weight is 627 g/mol. The molecule has 1 heterocycles. The van der Waals surface area contributed by atoms with Gasteiger partial charge >= 0.3 is 65.9 Å². The minimum absolute atomic E-state index is 0.958. The van der Waals surface area contributed by atoms with Crippen LogP contribution in [0.3, 0.4) is 0 Å². The second kappa shape index (κ2) is 58.6. The van der Waals surface area contributed by atoms with Gasteiger partial charge in [-0.2, -0.15) is 0 Å². The first-order chi connectivity index (χ1) is 18.1. The van der Waals surface area contributed by atoms with Crippen molar-refractivity contribution in [3.63, 3.8) is 0 Å². The first-order valence-corrected chi connectivity index (χ1v) is 8.69. The Morgan fingerprint density at radius 3 is 0.463 bits per heavy atom. The maximum absolute atomic E-state index is 7.17. The van der Waals surface area contributed by atoms with Crippen LogP contribution < -0.4 is 5.32 Å². The molecule has 244 valence electrons. The molecule has 29 nitrogen and oxygen atoms in total. The molecule has 0 fully saturated rings. The molecule has 28 N–H and O–H groups in total. The number of aliphatic imine (C=N–C) groups is 1. The first-order valence-electron chi connectivity index (χ1n) is 8.69. The summed E-state index contributed by atoms with van der Waals surface area (Å²) in [5.41, 5.74) is 0. The van der Waals surface area contributed by atoms with Gasteiger partial charge in [-0.1, -0.05) is 0 Å². The molecule has 41 heavy (non-hydrogen) atoms. The highest BCUT2D eigenvalue weighted by atomic mass is 16.6. The number of hydrogen-bond acceptors (Lipinski definition) is 29. The summed E-state index contributed by atoms with van der Waals surface area (Å²) in [6, 6.07) is 0. The van der Waals surface area contributed by atoms with Gasteiger partial charge in [0.2, 0.25) is 0 Å². The van der Waals surface area contributed by atoms with Gasteiger partial charge in [0.05, 0.1) is 12.9 Å². The number of nitrogens with one attached hydrogen (secondary N) is 1. The van der Waals surface area contributed by atoms with Crippen molar-refractivity contribution in [1.29, 1.82) is 0 Å². The Bertz CT molecular complexity index is 277. The Morgan fingerprint density at radius 1 is 0.317 bits per heavy atom. The molecule has 0 atom stereocenters. The van der Waals surface area contributed by atoms with Crippen LogP contribution in [-0.2, 0) is 0 Å². The van der Waals surface area contributed by atoms with Gasteiger partial charge in [-0.15, -0.1) is 0 Å². The third-order valence-electron chi connectivity index (χ3n) is 0.568. The van der Waals surface area contributed by atoms with E-state index in [-0.39, 0.29) is 0 Å². The molecule has 38 heteroatoms. The zero-order valence-corrected chi connectivity index (χ0v) is 20.2. The van der Waals surface area contributed by atoms with Gasteiger partial charge in [0, 0.05) is 6.54 Å². The highest BCUT2D eigenvalue weighted by Gasteiger charge is 1.95. The van der Waals surface area contributed by atoms with Crippen LogP contribution in [0.2, 0.25) is 0 Å². The normalized spacial score (nSPS) is 8.27. The van der Waals surface area contributed by atoms with E-state index in [2.05, 4.69) is 10.3 Å². The second-order valence-electron chi connectivity index (χ2n) is 4.11. The molecular weight excluding hydrogens is 593 g/mol. The van der Waals surface area contributed by atoms with Gasteiger partial charge in [-0.3, -0.25) is 4.99 Å². The summed E-state index contributed by atoms with van der Waals surface area (Å²) in [7, 11) is -19.5. The zero-order chi connectivity index (χ0) is 35.7. The topological polar surface area (TPSA) is 571 Å². The number of hydrogen-bond donors (Lipinski definition) is 28. The van der Waals surface area contributed by atoms with Crippen LogP contribution in [0, 0.1) is 0 Å². The summed E-state index contributed by atoms with van der Waals surface area (Å²) in [5.74, 6) is 0. The molecule has 0 aromatic heterocycles. The lowest BCUT2D eigenvalue weighted by Crippen LogP contribution is -2.07. The van der Waals surface area contributed by atoms with Gasteiger partial charge in [0.15, 0.2) is 0 Å². The Morgan fingerprint density at radius 2 is 0.439 bits per heavy atom. The molecule has 0 unspecified atom stereocenters. The average Bonchev–Trinajstić information content (AvgIpc) is 3.16. The van der Waals surface area contributed by atoms with Crippen LogP contribution >= 0.6 is 0 Å². The van der Waals surface area contributed by atoms with E-state index in [4.69, 9.17) is 136 Å². The van der Waals surface area contributed by atoms with E-state index in [1.807, 2.05) is 0 Å². The summed E-state index contributed by atoms with van der Waals surface area (Å²) in [6.07, 6.45) is 1.74. The maximum Gasteiger partial charge on any atom is 0.631 e. The quantitative estimate of drug-likeness (QED) is 0.111. The molecule has 0 saturated carbocycles. The van der Waals surface area contributed by atoms with Crippen molar-refractivity contribution >= 4 is 72.2 Å². The highest BCUT2D eigenvalue weighted by Crippen LogP contribution is 1.68. The predicted molar refractivity (Wildman–Crippen MR) is 133 cm³/mol. The van der Waals surface area contributed by atoms with Crippen LogP contribution in [-0.4, -0.2) is 221 Å². The molecule has 0 aliphatic carbocycles. The molecule has 0 radical (unpaired) electrons. The first kappa shape index (κ1) is 63.3. The van der Waals surface area contributed by atoms with E-state index in [1.54, 1.807) is 6.34 Å². The van der Waals surface area contributed by atoms with E-state index in [1.165, 1.54) is 0 Å². The van der Waals surface area contributed by atoms with Crippen LogP contribution in [0.15, 0.2) is 4.99 Å². The van der Waals surface area contributed by atoms with Crippen molar-refractivity contribution in [2.45, 2.75) is 0 Å². The van der Waals surface area contributed by atoms with Crippen molar-refractivity contribution in [3.05, 3.63) is 0 Å². The SMILES string of the molecule is C1=NCCN1.OB(O)O.OB(O)O.OB(O)O.OB(O)O.OB(O)O.OB(O)O.OB(O)O.OB(O)O.OB(O)O. The van der Waals surface area contributed by atoms with Crippen molar-refractivity contribution in [2.75, 3.05) is 13.1 Å². The lowest BCUT2D eigenvalue weighted by atomic mass is 10.3. The Hall–Kier alpha value is -1.03. The summed E-state index contributed by atoms with van der Waals surface area (Å²) in [6.45, 7) is 1.99. The largest absolute Gasteiger partial charge is 0.631 e. The maximum atomic E-state index is 7.17. The summed E-state index contributed by atoms with van der Waals surface area (Å²) in [4.78, 5) is 3.85. The molecule has 1 rings (SSSR count). The third-order valence-corrected chi connectivity index (χ3v) is 0.568. The summed E-state index contributed by atoms with van der Waals surface area (Å²) in [5, 5.41) is 196. The van der Waals surface area contributed by atoms with Crippen molar-refractivity contribution in [3.8, 4) is 0 Å². The van der Waals surface area contributed by atoms with Gasteiger partial charge in [-0.25, -0.2) is 0 Å². The molecule has 1 aliphatic rings. The lowest BCUT2D eigenvalue weighted by molar-refractivity contribution is 0.276. The van der Waals surface area contributed by atoms with E-state index in [0.29, 0.717) is 0 Å². The molecule has 0 amide bonds. The molecule has 0 bridgehead atoms. The smallest absolute Gasteiger partial charge is 0.402 e. The van der Waals surface area contributed by atoms with Crippen molar-refractivity contribution in [1.82, 2.24) is 5.32 Å². The fourth-order valence-electron chi connectivity index (χ4n) is 0.323. The molecule has 0 spiro atoms. The van der Waals surface area contributed by atoms with Crippen LogP contribution in [0.1, 0.15) is 0 Å². The molecule has 0 aromatic carbocycles. The van der Waals surface area contributed by atoms with E-state index < -0.39 is 65.9 Å². The second-order valence-corrected chi connectivity index (χ2v) is 4.11. The standard InChI is InChI=1S/C3H6N2.9BH3O3/c1-2-5-3-4-1;9*2-1(3)4/h3H,1-2H2,(H,4,5);9*2-4H. The Kier molecular flexibility index (Phi) is 90.4. The van der Waals surface area contributed by atoms with Gasteiger partial charge in [-0.05, 0) is 0 Å². The van der Waals surface area contributed by atoms with Gasteiger partial charge in [0.25, 0.3) is 0 Å². The third kappa shape index (κ3) is 3370. The lowest BCUT2D eigenvalue weighted by Gasteiger charge is -1.75. The van der Waals surface area contributed by atoms with E-state index in [0.717, 1.165) is 13.1 Å². The Balaban J connectivity index is -0.0000000397. The minimum atomic E-state index is -2.17. The predicted octanol–water partition coefficient (Wildman–Crippen LogP) is -18.8. The van der Waals surface area contributed by atoms with Crippen molar-refractivity contribution < 1.29 is 136 Å². The number of nitrogens with zero attached hydrogens (tertiary/aromatic N) is 1. The fourth-order valence-corrected chi connectivity index (χ4v) is 0.323. The van der Waals surface area contributed by atoms with Crippen molar-refractivity contribution in [2.24, 2.45) is 4.99 Å². The highest BCUT2D eigenvalue weighted by molar-refractivity contribution is 6.32. The fraction of sp³-hybridized carbons (Fsp3) is 0.667. The molecule has 0 aromatic rings. The molecule has 0 saturated heterocycles. The van der Waals surface area contributed by atoms with E-state index in [9.17, 15) is 0 Å². The van der Waals surface area contributed by atoms with E-state index >= 15 is 0 Å². The summed E-state index contributed by atoms with van der Waals surface area (Å²) < 4.78 is 0. The summed E-state index contributed by atoms with van der Waals surface area (Å²) >= 11 is 0. The molecule has 1 aliphatic heterocycles.